The van der Waals surface area contributed by atoms with E-state index in [1.165, 1.54) is 55.7 Å². The molecule has 0 fully saturated rings. The van der Waals surface area contributed by atoms with Gasteiger partial charge in [-0.2, -0.15) is 0 Å². The lowest BCUT2D eigenvalue weighted by atomic mass is 9.63. The van der Waals surface area contributed by atoms with Crippen molar-refractivity contribution in [2.45, 2.75) is 51.4 Å². The fourth-order valence-corrected chi connectivity index (χ4v) is 9.54. The predicted molar refractivity (Wildman–Crippen MR) is 246 cm³/mol. The van der Waals surface area contributed by atoms with E-state index in [0.717, 1.165) is 45.1 Å². The molecule has 0 unspecified atom stereocenters. The van der Waals surface area contributed by atoms with Gasteiger partial charge in [-0.05, 0) is 81.0 Å². The Balaban J connectivity index is 1.16. The molecule has 4 heteroatoms. The van der Waals surface area contributed by atoms with E-state index in [0.29, 0.717) is 17.5 Å². The number of fused-ring (bicyclic) bond motifs is 7. The average molecular weight is 761 g/mol. The molecule has 0 atom stereocenters. The second kappa shape index (κ2) is 13.3. The molecule has 0 radical (unpaired) electrons. The van der Waals surface area contributed by atoms with E-state index in [4.69, 9.17) is 15.0 Å². The smallest absolute Gasteiger partial charge is 0.164 e. The average Bonchev–Trinajstić information content (AvgIpc) is 3.61. The van der Waals surface area contributed by atoms with E-state index < -0.39 is 0 Å². The molecule has 0 saturated carbocycles. The van der Waals surface area contributed by atoms with E-state index in [1.807, 2.05) is 24.3 Å². The molecule has 284 valence electrons. The summed E-state index contributed by atoms with van der Waals surface area (Å²) in [5.41, 5.74) is 11.9. The third-order valence-corrected chi connectivity index (χ3v) is 12.9. The number of hydrogen-bond acceptors (Lipinski definition) is 3. The summed E-state index contributed by atoms with van der Waals surface area (Å²) < 4.78 is 2.54. The molecular formula is C55H44N4. The van der Waals surface area contributed by atoms with Gasteiger partial charge in [0.2, 0.25) is 0 Å². The normalized spacial score (nSPS) is 14.6. The number of hydrogen-bond donors (Lipinski definition) is 0. The molecule has 0 N–H and O–H groups in total. The fourth-order valence-electron chi connectivity index (χ4n) is 9.54. The first-order valence-electron chi connectivity index (χ1n) is 20.7. The first-order chi connectivity index (χ1) is 28.7. The monoisotopic (exact) mass is 760 g/mol. The lowest BCUT2D eigenvalue weighted by molar-refractivity contribution is 0.332. The maximum atomic E-state index is 5.23. The molecule has 11 rings (SSSR count). The molecule has 8 aromatic carbocycles. The van der Waals surface area contributed by atoms with Crippen LogP contribution in [0.15, 0.2) is 170 Å². The summed E-state index contributed by atoms with van der Waals surface area (Å²) in [6.07, 6.45) is 2.34. The zero-order valence-electron chi connectivity index (χ0n) is 33.9. The van der Waals surface area contributed by atoms with Crippen LogP contribution in [-0.4, -0.2) is 19.5 Å². The molecule has 2 aromatic heterocycles. The minimum atomic E-state index is 0.0725. The Morgan fingerprint density at radius 3 is 1.63 bits per heavy atom. The number of rotatable bonds is 5. The van der Waals surface area contributed by atoms with Crippen molar-refractivity contribution in [1.82, 2.24) is 19.5 Å². The first kappa shape index (κ1) is 35.3. The summed E-state index contributed by atoms with van der Waals surface area (Å²) in [5, 5.41) is 7.30. The fraction of sp³-hybridized carbons (Fsp3) is 0.145. The Kier molecular flexibility index (Phi) is 7.96. The third-order valence-electron chi connectivity index (χ3n) is 12.9. The lowest BCUT2D eigenvalue weighted by Crippen LogP contribution is -2.33. The van der Waals surface area contributed by atoms with Gasteiger partial charge < -0.3 is 4.57 Å². The van der Waals surface area contributed by atoms with Crippen LogP contribution >= 0.6 is 0 Å². The van der Waals surface area contributed by atoms with Gasteiger partial charge in [0.1, 0.15) is 0 Å². The van der Waals surface area contributed by atoms with Gasteiger partial charge in [-0.1, -0.05) is 173 Å². The Bertz CT molecular complexity index is 3250. The van der Waals surface area contributed by atoms with E-state index in [1.54, 1.807) is 0 Å². The Morgan fingerprint density at radius 2 is 0.932 bits per heavy atom. The first-order valence-corrected chi connectivity index (χ1v) is 20.7. The molecule has 0 saturated heterocycles. The SMILES string of the molecule is CC1(C)CCC(C)(C)c2cc3c(cc21)c1ccc2ccccc2c1n3-c1ccc(-c2nc(-c3ccccc3)nc(-c3ccc(-c4ccccc4)cc3)n2)c2ccccc12. The van der Waals surface area contributed by atoms with Crippen molar-refractivity contribution in [1.29, 1.82) is 0 Å². The quantitative estimate of drug-likeness (QED) is 0.175. The lowest BCUT2D eigenvalue weighted by Gasteiger charge is -2.42. The Hall–Kier alpha value is -6.91. The molecule has 59 heavy (non-hydrogen) atoms. The zero-order chi connectivity index (χ0) is 39.9. The number of nitrogens with zero attached hydrogens (tertiary/aromatic N) is 4. The minimum Gasteiger partial charge on any atom is -0.308 e. The molecule has 1 aliphatic rings. The van der Waals surface area contributed by atoms with Crippen molar-refractivity contribution >= 4 is 43.4 Å². The van der Waals surface area contributed by atoms with Crippen molar-refractivity contribution in [2.24, 2.45) is 0 Å². The Labute approximate surface area is 344 Å². The van der Waals surface area contributed by atoms with Crippen LogP contribution in [0.25, 0.3) is 94.3 Å². The maximum Gasteiger partial charge on any atom is 0.164 e. The van der Waals surface area contributed by atoms with Gasteiger partial charge in [0.15, 0.2) is 17.5 Å². The predicted octanol–water partition coefficient (Wildman–Crippen LogP) is 14.3. The van der Waals surface area contributed by atoms with E-state index in [9.17, 15) is 0 Å². The molecular weight excluding hydrogens is 717 g/mol. The molecule has 0 amide bonds. The van der Waals surface area contributed by atoms with Gasteiger partial charge in [0, 0.05) is 38.2 Å². The highest BCUT2D eigenvalue weighted by Gasteiger charge is 2.38. The standard InChI is InChI=1S/C55H44N4/c1-54(2)31-32-55(3,4)47-34-49-45(33-46(47)54)43-28-27-37-17-11-12-20-40(37)50(43)59(49)48-30-29-44(41-21-13-14-22-42(41)48)53-57-51(38-18-9-6-10-19-38)56-52(58-53)39-25-23-36(24-26-39)35-15-7-5-8-16-35/h5-30,33-34H,31-32H2,1-4H3. The second-order valence-electron chi connectivity index (χ2n) is 17.5. The van der Waals surface area contributed by atoms with Crippen LogP contribution in [-0.2, 0) is 10.8 Å². The van der Waals surface area contributed by atoms with Crippen LogP contribution in [0.1, 0.15) is 51.7 Å². The Morgan fingerprint density at radius 1 is 0.407 bits per heavy atom. The molecule has 2 heterocycles. The van der Waals surface area contributed by atoms with E-state index in [2.05, 4.69) is 178 Å². The second-order valence-corrected chi connectivity index (χ2v) is 17.5. The molecule has 0 aliphatic heterocycles. The summed E-state index contributed by atoms with van der Waals surface area (Å²) in [6.45, 7) is 9.68. The van der Waals surface area contributed by atoms with Crippen molar-refractivity contribution in [2.75, 3.05) is 0 Å². The topological polar surface area (TPSA) is 43.6 Å². The van der Waals surface area contributed by atoms with Gasteiger partial charge in [-0.15, -0.1) is 0 Å². The van der Waals surface area contributed by atoms with Crippen molar-refractivity contribution in [3.05, 3.63) is 181 Å². The summed E-state index contributed by atoms with van der Waals surface area (Å²) in [6, 6.07) is 60.9. The summed E-state index contributed by atoms with van der Waals surface area (Å²) in [7, 11) is 0. The van der Waals surface area contributed by atoms with Crippen LogP contribution in [0.3, 0.4) is 0 Å². The van der Waals surface area contributed by atoms with Crippen molar-refractivity contribution < 1.29 is 0 Å². The summed E-state index contributed by atoms with van der Waals surface area (Å²) >= 11 is 0. The summed E-state index contributed by atoms with van der Waals surface area (Å²) in [5.74, 6) is 1.94. The van der Waals surface area contributed by atoms with E-state index >= 15 is 0 Å². The van der Waals surface area contributed by atoms with Gasteiger partial charge in [-0.25, -0.2) is 15.0 Å². The molecule has 10 aromatic rings. The minimum absolute atomic E-state index is 0.0725. The number of aromatic nitrogens is 4. The third kappa shape index (κ3) is 5.77. The molecule has 0 bridgehead atoms. The highest BCUT2D eigenvalue weighted by Crippen LogP contribution is 2.49. The van der Waals surface area contributed by atoms with Crippen LogP contribution in [0.5, 0.6) is 0 Å². The summed E-state index contributed by atoms with van der Waals surface area (Å²) in [4.78, 5) is 15.5. The van der Waals surface area contributed by atoms with Crippen LogP contribution in [0.2, 0.25) is 0 Å². The zero-order valence-corrected chi connectivity index (χ0v) is 33.9. The van der Waals surface area contributed by atoms with Crippen LogP contribution < -0.4 is 0 Å². The number of benzene rings is 8. The largest absolute Gasteiger partial charge is 0.308 e. The molecule has 1 aliphatic carbocycles. The maximum absolute atomic E-state index is 5.23. The van der Waals surface area contributed by atoms with Gasteiger partial charge >= 0.3 is 0 Å². The highest BCUT2D eigenvalue weighted by atomic mass is 15.0. The molecule has 0 spiro atoms. The van der Waals surface area contributed by atoms with Crippen molar-refractivity contribution in [3.63, 3.8) is 0 Å². The van der Waals surface area contributed by atoms with Gasteiger partial charge in [0.25, 0.3) is 0 Å². The van der Waals surface area contributed by atoms with E-state index in [-0.39, 0.29) is 10.8 Å². The van der Waals surface area contributed by atoms with Gasteiger partial charge in [-0.3, -0.25) is 0 Å². The van der Waals surface area contributed by atoms with Crippen molar-refractivity contribution in [3.8, 4) is 51.0 Å². The molecule has 4 nitrogen and oxygen atoms in total. The highest BCUT2D eigenvalue weighted by molar-refractivity contribution is 6.20. The van der Waals surface area contributed by atoms with Crippen LogP contribution in [0, 0.1) is 0 Å². The van der Waals surface area contributed by atoms with Gasteiger partial charge in [0.05, 0.1) is 16.7 Å². The van der Waals surface area contributed by atoms with Crippen LogP contribution in [0.4, 0.5) is 0 Å².